The quantitative estimate of drug-likeness (QED) is 0.206. The highest BCUT2D eigenvalue weighted by molar-refractivity contribution is 9.10. The van der Waals surface area contributed by atoms with E-state index in [4.69, 9.17) is 28.9 Å². The number of methoxy groups -OCH3 is 3. The average Bonchev–Trinajstić information content (AvgIpc) is 2.99. The summed E-state index contributed by atoms with van der Waals surface area (Å²) in [4.78, 5) is 17.9. The Kier molecular flexibility index (Phi) is 10.3. The van der Waals surface area contributed by atoms with Crippen LogP contribution in [0, 0.1) is 0 Å². The minimum absolute atomic E-state index is 0.322. The number of benzene rings is 1. The van der Waals surface area contributed by atoms with Gasteiger partial charge in [-0.25, -0.2) is 4.98 Å². The molecule has 4 aromatic rings. The first-order chi connectivity index (χ1) is 20.5. The maximum Gasteiger partial charge on any atom is 0.217 e. The van der Waals surface area contributed by atoms with Crippen molar-refractivity contribution in [3.05, 3.63) is 69.7 Å². The maximum atomic E-state index is 13.2. The maximum absolute atomic E-state index is 13.2. The number of hydrogen-bond acceptors (Lipinski definition) is 10. The van der Waals surface area contributed by atoms with E-state index in [9.17, 15) is 5.11 Å². The predicted molar refractivity (Wildman–Crippen MR) is 172 cm³/mol. The van der Waals surface area contributed by atoms with Crippen molar-refractivity contribution in [1.82, 2.24) is 19.9 Å². The number of anilines is 1. The average molecular weight is 655 g/mol. The zero-order valence-electron chi connectivity index (χ0n) is 26.0. The van der Waals surface area contributed by atoms with Gasteiger partial charge in [0.2, 0.25) is 23.5 Å². The van der Waals surface area contributed by atoms with Gasteiger partial charge in [0.25, 0.3) is 0 Å². The molecule has 0 spiro atoms. The van der Waals surface area contributed by atoms with Crippen LogP contribution in [0.5, 0.6) is 23.5 Å². The Hall–Kier alpha value is -3.67. The molecule has 43 heavy (non-hydrogen) atoms. The smallest absolute Gasteiger partial charge is 0.217 e. The summed E-state index contributed by atoms with van der Waals surface area (Å²) in [5, 5.41) is 14.1. The molecule has 0 aliphatic heterocycles. The van der Waals surface area contributed by atoms with Gasteiger partial charge in [0, 0.05) is 60.2 Å². The lowest BCUT2D eigenvalue weighted by atomic mass is 9.72. The molecule has 1 aromatic carbocycles. The predicted octanol–water partition coefficient (Wildman–Crippen LogP) is 5.25. The first-order valence-corrected chi connectivity index (χ1v) is 14.8. The largest absolute Gasteiger partial charge is 0.481 e. The fourth-order valence-electron chi connectivity index (χ4n) is 5.15. The molecule has 0 aliphatic carbocycles. The van der Waals surface area contributed by atoms with Crippen LogP contribution in [0.4, 0.5) is 5.82 Å². The minimum Gasteiger partial charge on any atom is -0.481 e. The zero-order chi connectivity index (χ0) is 31.3. The Morgan fingerprint density at radius 3 is 2.14 bits per heavy atom. The molecule has 10 nitrogen and oxygen atoms in total. The van der Waals surface area contributed by atoms with Crippen molar-refractivity contribution in [1.29, 1.82) is 0 Å². The minimum atomic E-state index is -1.53. The Morgan fingerprint density at radius 2 is 1.56 bits per heavy atom. The van der Waals surface area contributed by atoms with Crippen molar-refractivity contribution in [3.8, 4) is 23.5 Å². The Balaban J connectivity index is 2.14. The van der Waals surface area contributed by atoms with Crippen LogP contribution < -0.4 is 23.8 Å². The van der Waals surface area contributed by atoms with E-state index >= 15 is 0 Å². The standard InChI is InChI=1S/C32H40BrN5O5/c1-9-43-29-17-21(16-26(35-29)38(4)5)30(24-15-20-14-23(33)10-11-25(20)34-31(24)42-8)32(39,12-13-37(2)3)22-18-27(40-6)36-28(19-22)41-7/h10-11,14-19,30,39H,9,12-13H2,1-8H3/t30-,32-/m1/s1. The highest BCUT2D eigenvalue weighted by Crippen LogP contribution is 2.49. The number of ether oxygens (including phenoxy) is 4. The summed E-state index contributed by atoms with van der Waals surface area (Å²) in [6.45, 7) is 2.92. The lowest BCUT2D eigenvalue weighted by Gasteiger charge is -2.39. The first kappa shape index (κ1) is 32.2. The lowest BCUT2D eigenvalue weighted by molar-refractivity contribution is 0.00325. The van der Waals surface area contributed by atoms with Gasteiger partial charge in [-0.05, 0) is 68.9 Å². The molecule has 230 valence electrons. The molecule has 1 N–H and O–H groups in total. The molecule has 0 bridgehead atoms. The molecule has 0 unspecified atom stereocenters. The van der Waals surface area contributed by atoms with Gasteiger partial charge >= 0.3 is 0 Å². The van der Waals surface area contributed by atoms with Crippen molar-refractivity contribution in [3.63, 3.8) is 0 Å². The van der Waals surface area contributed by atoms with Crippen LogP contribution in [-0.2, 0) is 5.60 Å². The second-order valence-corrected chi connectivity index (χ2v) is 11.6. The molecule has 4 rings (SSSR count). The summed E-state index contributed by atoms with van der Waals surface area (Å²) >= 11 is 3.60. The Labute approximate surface area is 261 Å². The number of halogens is 1. The number of pyridine rings is 3. The molecule has 3 heterocycles. The van der Waals surface area contributed by atoms with Gasteiger partial charge in [0.15, 0.2) is 0 Å². The lowest BCUT2D eigenvalue weighted by Crippen LogP contribution is -2.38. The third-order valence-corrected chi connectivity index (χ3v) is 7.78. The SMILES string of the molecule is CCOc1cc([C@H](c2cc3cc(Br)ccc3nc2OC)[C@@](O)(CCN(C)C)c2cc(OC)nc(OC)c2)cc(N(C)C)n1. The summed E-state index contributed by atoms with van der Waals surface area (Å²) in [6, 6.07) is 15.2. The molecule has 0 aliphatic rings. The summed E-state index contributed by atoms with van der Waals surface area (Å²) in [5.41, 5.74) is 1.28. The number of nitrogens with zero attached hydrogens (tertiary/aromatic N) is 5. The topological polar surface area (TPSA) is 102 Å². The second kappa shape index (κ2) is 13.7. The fourth-order valence-corrected chi connectivity index (χ4v) is 5.53. The third kappa shape index (κ3) is 7.11. The molecular formula is C32H40BrN5O5. The fraction of sp³-hybridized carbons (Fsp3) is 0.406. The third-order valence-electron chi connectivity index (χ3n) is 7.28. The van der Waals surface area contributed by atoms with Gasteiger partial charge in [0.1, 0.15) is 11.4 Å². The molecule has 3 aromatic heterocycles. The normalized spacial score (nSPS) is 13.5. The van der Waals surface area contributed by atoms with Crippen molar-refractivity contribution in [2.75, 3.05) is 67.6 Å². The molecule has 0 saturated carbocycles. The van der Waals surface area contributed by atoms with Crippen LogP contribution in [0.3, 0.4) is 0 Å². The first-order valence-electron chi connectivity index (χ1n) is 14.0. The summed E-state index contributed by atoms with van der Waals surface area (Å²) in [5.74, 6) is 1.48. The summed E-state index contributed by atoms with van der Waals surface area (Å²) in [6.07, 6.45) is 0.338. The molecule has 0 saturated heterocycles. The Bertz CT molecular complexity index is 1540. The van der Waals surface area contributed by atoms with E-state index < -0.39 is 11.5 Å². The van der Waals surface area contributed by atoms with Gasteiger partial charge < -0.3 is 33.9 Å². The van der Waals surface area contributed by atoms with Crippen molar-refractivity contribution >= 4 is 32.7 Å². The van der Waals surface area contributed by atoms with E-state index in [-0.39, 0.29) is 0 Å². The number of hydrogen-bond donors (Lipinski definition) is 1. The molecule has 11 heteroatoms. The number of aliphatic hydroxyl groups is 1. The molecule has 0 fully saturated rings. The van der Waals surface area contributed by atoms with Gasteiger partial charge in [-0.3, -0.25) is 0 Å². The van der Waals surface area contributed by atoms with E-state index in [1.807, 2.05) is 81.3 Å². The molecule has 2 atom stereocenters. The van der Waals surface area contributed by atoms with E-state index in [2.05, 4.69) is 20.9 Å². The number of fused-ring (bicyclic) bond motifs is 1. The van der Waals surface area contributed by atoms with Crippen LogP contribution in [0.25, 0.3) is 10.9 Å². The van der Waals surface area contributed by atoms with E-state index in [1.54, 1.807) is 19.2 Å². The second-order valence-electron chi connectivity index (χ2n) is 10.7. The van der Waals surface area contributed by atoms with Crippen LogP contribution in [0.1, 0.15) is 36.0 Å². The van der Waals surface area contributed by atoms with Crippen LogP contribution in [0.15, 0.2) is 53.0 Å². The van der Waals surface area contributed by atoms with Crippen molar-refractivity contribution < 1.29 is 24.1 Å². The Morgan fingerprint density at radius 1 is 0.860 bits per heavy atom. The molecule has 0 amide bonds. The highest BCUT2D eigenvalue weighted by Gasteiger charge is 2.43. The van der Waals surface area contributed by atoms with E-state index in [0.717, 1.165) is 20.9 Å². The van der Waals surface area contributed by atoms with Crippen molar-refractivity contribution in [2.24, 2.45) is 0 Å². The summed E-state index contributed by atoms with van der Waals surface area (Å²) in [7, 11) is 12.5. The van der Waals surface area contributed by atoms with E-state index in [0.29, 0.717) is 60.0 Å². The van der Waals surface area contributed by atoms with Gasteiger partial charge in [-0.1, -0.05) is 15.9 Å². The monoisotopic (exact) mass is 653 g/mol. The van der Waals surface area contributed by atoms with Crippen molar-refractivity contribution in [2.45, 2.75) is 24.9 Å². The zero-order valence-corrected chi connectivity index (χ0v) is 27.6. The van der Waals surface area contributed by atoms with Gasteiger partial charge in [-0.2, -0.15) is 9.97 Å². The van der Waals surface area contributed by atoms with Crippen LogP contribution in [0.2, 0.25) is 0 Å². The van der Waals surface area contributed by atoms with Gasteiger partial charge in [0.05, 0.1) is 33.5 Å². The summed E-state index contributed by atoms with van der Waals surface area (Å²) < 4.78 is 23.8. The van der Waals surface area contributed by atoms with Crippen LogP contribution in [-0.4, -0.2) is 87.6 Å². The molecule has 0 radical (unpaired) electrons. The van der Waals surface area contributed by atoms with Gasteiger partial charge in [-0.15, -0.1) is 0 Å². The van der Waals surface area contributed by atoms with Crippen LogP contribution >= 0.6 is 15.9 Å². The number of aromatic nitrogens is 3. The molecular weight excluding hydrogens is 614 g/mol. The van der Waals surface area contributed by atoms with E-state index in [1.165, 1.54) is 14.2 Å². The number of rotatable bonds is 13. The highest BCUT2D eigenvalue weighted by atomic mass is 79.9.